The lowest BCUT2D eigenvalue weighted by molar-refractivity contribution is 0.0938. The highest BCUT2D eigenvalue weighted by Gasteiger charge is 2.19. The zero-order chi connectivity index (χ0) is 20.2. The minimum Gasteiger partial charge on any atom is -0.345 e. The maximum atomic E-state index is 13.2. The maximum absolute atomic E-state index is 13.2. The van der Waals surface area contributed by atoms with E-state index in [0.29, 0.717) is 28.6 Å². The van der Waals surface area contributed by atoms with E-state index in [1.54, 1.807) is 47.7 Å². The number of carbonyl (C=O) groups excluding carboxylic acids is 1. The molecule has 1 amide bonds. The number of pyridine rings is 2. The number of rotatable bonds is 6. The van der Waals surface area contributed by atoms with Crippen LogP contribution in [0.1, 0.15) is 28.4 Å². The number of hydrogen-bond acceptors (Lipinski definition) is 4. The highest BCUT2D eigenvalue weighted by molar-refractivity contribution is 6.06. The van der Waals surface area contributed by atoms with Gasteiger partial charge in [0.05, 0.1) is 35.2 Å². The Morgan fingerprint density at radius 3 is 2.59 bits per heavy atom. The molecule has 4 aromatic rings. The molecular formula is C22H18FN5O. The quantitative estimate of drug-likeness (QED) is 0.508. The molecule has 4 rings (SSSR count). The zero-order valence-electron chi connectivity index (χ0n) is 15.5. The number of amides is 1. The summed E-state index contributed by atoms with van der Waals surface area (Å²) in [6.45, 7) is 3.78. The van der Waals surface area contributed by atoms with Gasteiger partial charge in [0, 0.05) is 24.0 Å². The molecule has 3 heterocycles. The van der Waals surface area contributed by atoms with Crippen molar-refractivity contribution in [1.82, 2.24) is 25.1 Å². The first kappa shape index (κ1) is 18.5. The summed E-state index contributed by atoms with van der Waals surface area (Å²) < 4.78 is 14.9. The lowest BCUT2D eigenvalue weighted by Gasteiger charge is -2.17. The van der Waals surface area contributed by atoms with Crippen molar-refractivity contribution < 1.29 is 9.18 Å². The standard InChI is InChI=1S/C22H18FN5O/c1-2-3-20(15-8-10-24-11-9-15)27-22(29)19-12-25-14-21-18(19)13-26-28(21)17-6-4-16(23)5-7-17/h2,4-14,20H,1,3H2,(H,27,29)/t20-/m0/s1. The molecule has 0 fully saturated rings. The number of carbonyl (C=O) groups is 1. The normalized spacial score (nSPS) is 11.9. The predicted molar refractivity (Wildman–Crippen MR) is 108 cm³/mol. The second-order valence-electron chi connectivity index (χ2n) is 6.48. The Kier molecular flexibility index (Phi) is 5.11. The van der Waals surface area contributed by atoms with Crippen LogP contribution in [0.15, 0.2) is 80.0 Å². The highest BCUT2D eigenvalue weighted by atomic mass is 19.1. The van der Waals surface area contributed by atoms with Crippen molar-refractivity contribution in [2.75, 3.05) is 0 Å². The van der Waals surface area contributed by atoms with Crippen molar-refractivity contribution in [3.05, 3.63) is 97.0 Å². The summed E-state index contributed by atoms with van der Waals surface area (Å²) in [7, 11) is 0. The van der Waals surface area contributed by atoms with Crippen molar-refractivity contribution in [3.63, 3.8) is 0 Å². The average Bonchev–Trinajstić information content (AvgIpc) is 3.19. The second-order valence-corrected chi connectivity index (χ2v) is 6.48. The highest BCUT2D eigenvalue weighted by Crippen LogP contribution is 2.23. The van der Waals surface area contributed by atoms with E-state index in [1.165, 1.54) is 18.3 Å². The van der Waals surface area contributed by atoms with Gasteiger partial charge >= 0.3 is 0 Å². The number of benzene rings is 1. The summed E-state index contributed by atoms with van der Waals surface area (Å²) in [6.07, 6.45) is 10.5. The molecule has 7 heteroatoms. The van der Waals surface area contributed by atoms with Gasteiger partial charge in [-0.25, -0.2) is 9.07 Å². The Labute approximate surface area is 166 Å². The van der Waals surface area contributed by atoms with Crippen molar-refractivity contribution in [2.24, 2.45) is 0 Å². The van der Waals surface area contributed by atoms with Gasteiger partial charge in [0.2, 0.25) is 0 Å². The molecule has 29 heavy (non-hydrogen) atoms. The average molecular weight is 387 g/mol. The fourth-order valence-corrected chi connectivity index (χ4v) is 3.19. The number of aromatic nitrogens is 4. The molecule has 6 nitrogen and oxygen atoms in total. The van der Waals surface area contributed by atoms with Gasteiger partial charge in [-0.05, 0) is 48.4 Å². The molecule has 1 N–H and O–H groups in total. The van der Waals surface area contributed by atoms with E-state index in [2.05, 4.69) is 27.0 Å². The van der Waals surface area contributed by atoms with Crippen LogP contribution in [0.3, 0.4) is 0 Å². The lowest BCUT2D eigenvalue weighted by atomic mass is 10.0. The monoisotopic (exact) mass is 387 g/mol. The summed E-state index contributed by atoms with van der Waals surface area (Å²) in [5.41, 5.74) is 2.70. The van der Waals surface area contributed by atoms with E-state index in [1.807, 2.05) is 12.1 Å². The van der Waals surface area contributed by atoms with E-state index in [4.69, 9.17) is 0 Å². The third-order valence-electron chi connectivity index (χ3n) is 4.63. The summed E-state index contributed by atoms with van der Waals surface area (Å²) in [6, 6.07) is 9.46. The van der Waals surface area contributed by atoms with Crippen molar-refractivity contribution >= 4 is 16.8 Å². The van der Waals surface area contributed by atoms with Gasteiger partial charge in [0.25, 0.3) is 5.91 Å². The molecule has 1 aromatic carbocycles. The van der Waals surface area contributed by atoms with Gasteiger partial charge < -0.3 is 5.32 Å². The number of fused-ring (bicyclic) bond motifs is 1. The molecule has 0 aliphatic carbocycles. The van der Waals surface area contributed by atoms with Crippen LogP contribution in [0.4, 0.5) is 4.39 Å². The van der Waals surface area contributed by atoms with E-state index in [-0.39, 0.29) is 17.8 Å². The summed E-state index contributed by atoms with van der Waals surface area (Å²) in [5, 5.41) is 8.06. The Bertz CT molecular complexity index is 1160. The van der Waals surface area contributed by atoms with Crippen molar-refractivity contribution in [1.29, 1.82) is 0 Å². The topological polar surface area (TPSA) is 72.7 Å². The van der Waals surface area contributed by atoms with Gasteiger partial charge in [-0.2, -0.15) is 5.10 Å². The van der Waals surface area contributed by atoms with Gasteiger partial charge in [0.1, 0.15) is 5.82 Å². The fraction of sp³-hybridized carbons (Fsp3) is 0.0909. The first-order valence-electron chi connectivity index (χ1n) is 9.06. The van der Waals surface area contributed by atoms with Gasteiger partial charge in [-0.3, -0.25) is 14.8 Å². The molecule has 1 atom stereocenters. The Balaban J connectivity index is 1.67. The van der Waals surface area contributed by atoms with Crippen LogP contribution < -0.4 is 5.32 Å². The number of nitrogens with one attached hydrogen (secondary N) is 1. The third kappa shape index (κ3) is 3.75. The first-order chi connectivity index (χ1) is 14.2. The first-order valence-corrected chi connectivity index (χ1v) is 9.06. The zero-order valence-corrected chi connectivity index (χ0v) is 15.5. The second kappa shape index (κ2) is 8.02. The molecule has 0 aliphatic rings. The summed E-state index contributed by atoms with van der Waals surface area (Å²) >= 11 is 0. The van der Waals surface area contributed by atoms with E-state index < -0.39 is 0 Å². The van der Waals surface area contributed by atoms with Crippen LogP contribution in [0.5, 0.6) is 0 Å². The molecule has 0 aliphatic heterocycles. The summed E-state index contributed by atoms with van der Waals surface area (Å²) in [4.78, 5) is 21.3. The lowest BCUT2D eigenvalue weighted by Crippen LogP contribution is -2.28. The van der Waals surface area contributed by atoms with Crippen molar-refractivity contribution in [2.45, 2.75) is 12.5 Å². The Morgan fingerprint density at radius 2 is 1.86 bits per heavy atom. The third-order valence-corrected chi connectivity index (χ3v) is 4.63. The number of halogens is 1. The molecular weight excluding hydrogens is 369 g/mol. The molecule has 0 radical (unpaired) electrons. The fourth-order valence-electron chi connectivity index (χ4n) is 3.19. The van der Waals surface area contributed by atoms with E-state index in [9.17, 15) is 9.18 Å². The SMILES string of the molecule is C=CC[C@H](NC(=O)c1cncc2c1cnn2-c1ccc(F)cc1)c1ccncc1. The Hall–Kier alpha value is -3.87. The van der Waals surface area contributed by atoms with E-state index in [0.717, 1.165) is 5.56 Å². The van der Waals surface area contributed by atoms with Crippen LogP contribution in [0.2, 0.25) is 0 Å². The molecule has 0 spiro atoms. The van der Waals surface area contributed by atoms with Crippen LogP contribution >= 0.6 is 0 Å². The van der Waals surface area contributed by atoms with Crippen molar-refractivity contribution in [3.8, 4) is 5.69 Å². The molecule has 3 aromatic heterocycles. The molecule has 144 valence electrons. The van der Waals surface area contributed by atoms with Crippen LogP contribution in [0, 0.1) is 5.82 Å². The van der Waals surface area contributed by atoms with E-state index >= 15 is 0 Å². The van der Waals surface area contributed by atoms with Crippen LogP contribution in [-0.2, 0) is 0 Å². The molecule has 0 bridgehead atoms. The maximum Gasteiger partial charge on any atom is 0.254 e. The molecule has 0 saturated heterocycles. The number of nitrogens with zero attached hydrogens (tertiary/aromatic N) is 4. The minimum absolute atomic E-state index is 0.231. The largest absolute Gasteiger partial charge is 0.345 e. The predicted octanol–water partition coefficient (Wildman–Crippen LogP) is 4.00. The van der Waals surface area contributed by atoms with Gasteiger partial charge in [-0.1, -0.05) is 6.08 Å². The Morgan fingerprint density at radius 1 is 1.10 bits per heavy atom. The summed E-state index contributed by atoms with van der Waals surface area (Å²) in [5.74, 6) is -0.585. The minimum atomic E-state index is -0.326. The number of hydrogen-bond donors (Lipinski definition) is 1. The molecule has 0 unspecified atom stereocenters. The van der Waals surface area contributed by atoms with Crippen LogP contribution in [0.25, 0.3) is 16.6 Å². The smallest absolute Gasteiger partial charge is 0.254 e. The molecule has 0 saturated carbocycles. The van der Waals surface area contributed by atoms with Gasteiger partial charge in [-0.15, -0.1) is 6.58 Å². The van der Waals surface area contributed by atoms with Crippen LogP contribution in [-0.4, -0.2) is 25.7 Å². The van der Waals surface area contributed by atoms with Gasteiger partial charge in [0.15, 0.2) is 0 Å².